The van der Waals surface area contributed by atoms with Crippen molar-refractivity contribution in [2.45, 2.75) is 38.3 Å². The zero-order valence-electron chi connectivity index (χ0n) is 9.94. The molecule has 0 spiro atoms. The van der Waals surface area contributed by atoms with Gasteiger partial charge in [-0.15, -0.1) is 0 Å². The van der Waals surface area contributed by atoms with E-state index in [9.17, 15) is 9.90 Å². The van der Waals surface area contributed by atoms with Crippen molar-refractivity contribution in [2.24, 2.45) is 0 Å². The van der Waals surface area contributed by atoms with Gasteiger partial charge in [0.05, 0.1) is 17.8 Å². The SMILES string of the molecule is CCn1cc(N)c(C(=O)NC2(CO)CCC2)n1. The van der Waals surface area contributed by atoms with Crippen LogP contribution in [0.25, 0.3) is 0 Å². The molecule has 17 heavy (non-hydrogen) atoms. The summed E-state index contributed by atoms with van der Waals surface area (Å²) in [6.07, 6.45) is 4.29. The van der Waals surface area contributed by atoms with Gasteiger partial charge in [-0.3, -0.25) is 9.48 Å². The van der Waals surface area contributed by atoms with Crippen molar-refractivity contribution < 1.29 is 9.90 Å². The van der Waals surface area contributed by atoms with E-state index >= 15 is 0 Å². The van der Waals surface area contributed by atoms with Crippen LogP contribution in [0.15, 0.2) is 6.20 Å². The molecule has 6 heteroatoms. The van der Waals surface area contributed by atoms with Crippen LogP contribution in [-0.4, -0.2) is 32.9 Å². The zero-order valence-corrected chi connectivity index (χ0v) is 9.94. The highest BCUT2D eigenvalue weighted by molar-refractivity contribution is 5.97. The summed E-state index contributed by atoms with van der Waals surface area (Å²) in [5.41, 5.74) is 5.89. The number of hydrogen-bond donors (Lipinski definition) is 3. The van der Waals surface area contributed by atoms with E-state index in [4.69, 9.17) is 5.73 Å². The Bertz CT molecular complexity index is 418. The minimum atomic E-state index is -0.459. The first-order chi connectivity index (χ1) is 8.10. The molecule has 1 saturated carbocycles. The van der Waals surface area contributed by atoms with Crippen LogP contribution in [0.3, 0.4) is 0 Å². The molecular formula is C11H18N4O2. The van der Waals surface area contributed by atoms with Gasteiger partial charge in [0, 0.05) is 12.7 Å². The standard InChI is InChI=1S/C11H18N4O2/c1-2-15-6-8(12)9(14-15)10(17)13-11(7-16)4-3-5-11/h6,16H,2-5,7,12H2,1H3,(H,13,17). The minimum Gasteiger partial charge on any atom is -0.396 e. The molecule has 1 aliphatic carbocycles. The molecule has 1 aliphatic rings. The molecule has 0 atom stereocenters. The molecule has 0 aromatic carbocycles. The first kappa shape index (κ1) is 11.9. The third kappa shape index (κ3) is 2.12. The maximum Gasteiger partial charge on any atom is 0.274 e. The number of aliphatic hydroxyl groups excluding tert-OH is 1. The van der Waals surface area contributed by atoms with Crippen molar-refractivity contribution in [3.05, 3.63) is 11.9 Å². The van der Waals surface area contributed by atoms with Gasteiger partial charge in [-0.05, 0) is 26.2 Å². The normalized spacial score (nSPS) is 17.5. The molecular weight excluding hydrogens is 220 g/mol. The van der Waals surface area contributed by atoms with E-state index in [2.05, 4.69) is 10.4 Å². The summed E-state index contributed by atoms with van der Waals surface area (Å²) in [6.45, 7) is 2.56. The number of nitrogens with one attached hydrogen (secondary N) is 1. The number of carbonyl (C=O) groups is 1. The summed E-state index contributed by atoms with van der Waals surface area (Å²) < 4.78 is 1.62. The Balaban J connectivity index is 2.11. The van der Waals surface area contributed by atoms with Crippen LogP contribution in [0, 0.1) is 0 Å². The summed E-state index contributed by atoms with van der Waals surface area (Å²) in [5.74, 6) is -0.302. The van der Waals surface area contributed by atoms with Crippen molar-refractivity contribution in [2.75, 3.05) is 12.3 Å². The molecule has 94 valence electrons. The van der Waals surface area contributed by atoms with Gasteiger partial charge in [-0.1, -0.05) is 0 Å². The lowest BCUT2D eigenvalue weighted by atomic mass is 9.77. The lowest BCUT2D eigenvalue weighted by molar-refractivity contribution is 0.0637. The molecule has 0 unspecified atom stereocenters. The van der Waals surface area contributed by atoms with Crippen molar-refractivity contribution in [1.82, 2.24) is 15.1 Å². The Labute approximate surface area is 99.8 Å². The van der Waals surface area contributed by atoms with E-state index in [1.54, 1.807) is 10.9 Å². The van der Waals surface area contributed by atoms with Gasteiger partial charge < -0.3 is 16.2 Å². The highest BCUT2D eigenvalue weighted by Gasteiger charge is 2.38. The second kappa shape index (κ2) is 4.37. The second-order valence-corrected chi connectivity index (χ2v) is 4.53. The largest absolute Gasteiger partial charge is 0.396 e. The van der Waals surface area contributed by atoms with Gasteiger partial charge in [0.15, 0.2) is 5.69 Å². The van der Waals surface area contributed by atoms with Crippen LogP contribution in [-0.2, 0) is 6.54 Å². The third-order valence-electron chi connectivity index (χ3n) is 3.32. The molecule has 6 nitrogen and oxygen atoms in total. The van der Waals surface area contributed by atoms with Gasteiger partial charge in [-0.25, -0.2) is 0 Å². The fourth-order valence-electron chi connectivity index (χ4n) is 2.00. The second-order valence-electron chi connectivity index (χ2n) is 4.53. The summed E-state index contributed by atoms with van der Waals surface area (Å²) in [7, 11) is 0. The van der Waals surface area contributed by atoms with E-state index in [0.717, 1.165) is 19.3 Å². The summed E-state index contributed by atoms with van der Waals surface area (Å²) in [4.78, 5) is 12.0. The van der Waals surface area contributed by atoms with E-state index in [0.29, 0.717) is 12.2 Å². The topological polar surface area (TPSA) is 93.2 Å². The molecule has 1 aromatic heterocycles. The van der Waals surface area contributed by atoms with E-state index in [1.807, 2.05) is 6.92 Å². The first-order valence-electron chi connectivity index (χ1n) is 5.86. The smallest absolute Gasteiger partial charge is 0.274 e. The zero-order chi connectivity index (χ0) is 12.5. The molecule has 0 bridgehead atoms. The lowest BCUT2D eigenvalue weighted by Crippen LogP contribution is -2.56. The van der Waals surface area contributed by atoms with Crippen LogP contribution in [0.5, 0.6) is 0 Å². The molecule has 2 rings (SSSR count). The van der Waals surface area contributed by atoms with Crippen LogP contribution in [0.2, 0.25) is 0 Å². The highest BCUT2D eigenvalue weighted by atomic mass is 16.3. The summed E-state index contributed by atoms with van der Waals surface area (Å²) in [6, 6.07) is 0. The van der Waals surface area contributed by atoms with Crippen molar-refractivity contribution >= 4 is 11.6 Å². The Kier molecular flexibility index (Phi) is 3.06. The number of amides is 1. The maximum absolute atomic E-state index is 12.0. The van der Waals surface area contributed by atoms with Crippen LogP contribution < -0.4 is 11.1 Å². The molecule has 0 saturated heterocycles. The highest BCUT2D eigenvalue weighted by Crippen LogP contribution is 2.31. The number of hydrogen-bond acceptors (Lipinski definition) is 4. The van der Waals surface area contributed by atoms with Crippen LogP contribution >= 0.6 is 0 Å². The van der Waals surface area contributed by atoms with Gasteiger partial charge in [0.25, 0.3) is 5.91 Å². The Morgan fingerprint density at radius 3 is 2.82 bits per heavy atom. The summed E-state index contributed by atoms with van der Waals surface area (Å²) in [5, 5.41) is 16.2. The number of nitrogens with zero attached hydrogens (tertiary/aromatic N) is 2. The number of nitrogens with two attached hydrogens (primary N) is 1. The molecule has 0 aliphatic heterocycles. The van der Waals surface area contributed by atoms with E-state index in [-0.39, 0.29) is 18.2 Å². The van der Waals surface area contributed by atoms with Gasteiger partial charge in [-0.2, -0.15) is 5.10 Å². The predicted octanol–water partition coefficient (Wildman–Crippen LogP) is 0.130. The number of aliphatic hydroxyl groups is 1. The number of aryl methyl sites for hydroxylation is 1. The fraction of sp³-hybridized carbons (Fsp3) is 0.636. The summed E-state index contributed by atoms with van der Waals surface area (Å²) >= 11 is 0. The van der Waals surface area contributed by atoms with Crippen LogP contribution in [0.1, 0.15) is 36.7 Å². The quantitative estimate of drug-likeness (QED) is 0.695. The predicted molar refractivity (Wildman–Crippen MR) is 63.4 cm³/mol. The average molecular weight is 238 g/mol. The Morgan fingerprint density at radius 1 is 1.71 bits per heavy atom. The molecule has 4 N–H and O–H groups in total. The average Bonchev–Trinajstić information content (AvgIpc) is 2.65. The van der Waals surface area contributed by atoms with Crippen molar-refractivity contribution in [3.63, 3.8) is 0 Å². The monoisotopic (exact) mass is 238 g/mol. The van der Waals surface area contributed by atoms with Gasteiger partial charge in [0.2, 0.25) is 0 Å². The lowest BCUT2D eigenvalue weighted by Gasteiger charge is -2.40. The van der Waals surface area contributed by atoms with Gasteiger partial charge in [0.1, 0.15) is 0 Å². The van der Waals surface area contributed by atoms with Gasteiger partial charge >= 0.3 is 0 Å². The molecule has 1 amide bonds. The number of nitrogen functional groups attached to an aromatic ring is 1. The fourth-order valence-corrected chi connectivity index (χ4v) is 2.00. The maximum atomic E-state index is 12.0. The number of anilines is 1. The third-order valence-corrected chi connectivity index (χ3v) is 3.32. The number of carbonyl (C=O) groups excluding carboxylic acids is 1. The number of rotatable bonds is 4. The van der Waals surface area contributed by atoms with Crippen molar-refractivity contribution in [1.29, 1.82) is 0 Å². The van der Waals surface area contributed by atoms with E-state index in [1.165, 1.54) is 0 Å². The molecule has 1 aromatic rings. The minimum absolute atomic E-state index is 0.0346. The van der Waals surface area contributed by atoms with Crippen molar-refractivity contribution in [3.8, 4) is 0 Å². The molecule has 1 fully saturated rings. The number of aromatic nitrogens is 2. The van der Waals surface area contributed by atoms with Crippen LogP contribution in [0.4, 0.5) is 5.69 Å². The Hall–Kier alpha value is -1.56. The molecule has 1 heterocycles. The Morgan fingerprint density at radius 2 is 2.41 bits per heavy atom. The van der Waals surface area contributed by atoms with E-state index < -0.39 is 5.54 Å². The first-order valence-corrected chi connectivity index (χ1v) is 5.86. The molecule has 0 radical (unpaired) electrons.